The second-order valence-corrected chi connectivity index (χ2v) is 5.09. The van der Waals surface area contributed by atoms with Gasteiger partial charge in [0.05, 0.1) is 11.6 Å². The average Bonchev–Trinajstić information content (AvgIpc) is 2.50. The van der Waals surface area contributed by atoms with E-state index in [1.165, 1.54) is 6.07 Å². The van der Waals surface area contributed by atoms with Crippen LogP contribution < -0.4 is 4.74 Å². The van der Waals surface area contributed by atoms with E-state index in [4.69, 9.17) is 16.3 Å². The van der Waals surface area contributed by atoms with E-state index in [1.54, 1.807) is 36.4 Å². The molecule has 0 radical (unpaired) electrons. The fourth-order valence-corrected chi connectivity index (χ4v) is 2.11. The second-order valence-electron chi connectivity index (χ2n) is 4.69. The van der Waals surface area contributed by atoms with E-state index in [0.717, 1.165) is 12.2 Å². The number of carbonyl (C=O) groups is 1. The first-order valence-electron chi connectivity index (χ1n) is 6.80. The first-order valence-corrected chi connectivity index (χ1v) is 7.18. The van der Waals surface area contributed by atoms with Crippen LogP contribution in [0.4, 0.5) is 4.39 Å². The Morgan fingerprint density at radius 3 is 2.57 bits per heavy atom. The Bertz CT molecular complexity index is 623. The minimum Gasteiger partial charge on any atom is -0.494 e. The minimum atomic E-state index is -0.532. The lowest BCUT2D eigenvalue weighted by atomic mass is 10.0. The van der Waals surface area contributed by atoms with Crippen molar-refractivity contribution in [2.45, 2.75) is 19.8 Å². The zero-order chi connectivity index (χ0) is 15.2. The summed E-state index contributed by atoms with van der Waals surface area (Å²) in [6.07, 6.45) is 0.913. The van der Waals surface area contributed by atoms with Gasteiger partial charge in [-0.25, -0.2) is 4.39 Å². The molecule has 0 unspecified atom stereocenters. The monoisotopic (exact) mass is 306 g/mol. The number of rotatable bonds is 6. The molecule has 0 spiro atoms. The molecule has 0 fully saturated rings. The topological polar surface area (TPSA) is 26.3 Å². The summed E-state index contributed by atoms with van der Waals surface area (Å²) in [4.78, 5) is 12.2. The third-order valence-corrected chi connectivity index (χ3v) is 3.32. The van der Waals surface area contributed by atoms with Crippen LogP contribution in [0.3, 0.4) is 0 Å². The molecule has 0 bridgehead atoms. The Balaban J connectivity index is 2.08. The van der Waals surface area contributed by atoms with Crippen LogP contribution in [0.1, 0.15) is 29.3 Å². The van der Waals surface area contributed by atoms with Crippen LogP contribution in [0.2, 0.25) is 5.02 Å². The zero-order valence-electron chi connectivity index (χ0n) is 11.7. The molecule has 0 aliphatic carbocycles. The van der Waals surface area contributed by atoms with Gasteiger partial charge < -0.3 is 4.74 Å². The number of ether oxygens (including phenoxy) is 1. The predicted octanol–water partition coefficient (Wildman–Crippen LogP) is 4.69. The molecule has 0 N–H and O–H groups in total. The molecule has 0 aliphatic heterocycles. The van der Waals surface area contributed by atoms with E-state index >= 15 is 0 Å². The quantitative estimate of drug-likeness (QED) is 0.723. The predicted molar refractivity (Wildman–Crippen MR) is 81.7 cm³/mol. The fraction of sp³-hybridized carbons (Fsp3) is 0.235. The van der Waals surface area contributed by atoms with Gasteiger partial charge in [0, 0.05) is 12.0 Å². The van der Waals surface area contributed by atoms with E-state index in [2.05, 4.69) is 0 Å². The molecule has 4 heteroatoms. The maximum Gasteiger partial charge on any atom is 0.167 e. The SMILES string of the molecule is CCCOc1ccc(C(=O)Cc2cccc(Cl)c2F)cc1. The van der Waals surface area contributed by atoms with Gasteiger partial charge in [-0.1, -0.05) is 30.7 Å². The van der Waals surface area contributed by atoms with Crippen molar-refractivity contribution in [3.8, 4) is 5.75 Å². The summed E-state index contributed by atoms with van der Waals surface area (Å²) in [5.41, 5.74) is 0.831. The van der Waals surface area contributed by atoms with Crippen LogP contribution in [0.15, 0.2) is 42.5 Å². The second kappa shape index (κ2) is 7.23. The van der Waals surface area contributed by atoms with Crippen LogP contribution in [0.5, 0.6) is 5.75 Å². The van der Waals surface area contributed by atoms with Crippen molar-refractivity contribution in [1.82, 2.24) is 0 Å². The van der Waals surface area contributed by atoms with E-state index in [-0.39, 0.29) is 17.2 Å². The van der Waals surface area contributed by atoms with Gasteiger partial charge in [0.2, 0.25) is 0 Å². The normalized spacial score (nSPS) is 10.4. The molecule has 0 saturated heterocycles. The van der Waals surface area contributed by atoms with Crippen LogP contribution in [0.25, 0.3) is 0 Å². The van der Waals surface area contributed by atoms with Gasteiger partial charge in [-0.2, -0.15) is 0 Å². The van der Waals surface area contributed by atoms with Gasteiger partial charge in [-0.05, 0) is 42.3 Å². The fourth-order valence-electron chi connectivity index (χ4n) is 1.92. The van der Waals surface area contributed by atoms with Crippen molar-refractivity contribution in [3.63, 3.8) is 0 Å². The largest absolute Gasteiger partial charge is 0.494 e. The number of hydrogen-bond donors (Lipinski definition) is 0. The first-order chi connectivity index (χ1) is 10.1. The lowest BCUT2D eigenvalue weighted by molar-refractivity contribution is 0.0992. The molecule has 2 aromatic carbocycles. The minimum absolute atomic E-state index is 0.0123. The summed E-state index contributed by atoms with van der Waals surface area (Å²) in [6, 6.07) is 11.5. The molecule has 2 aromatic rings. The number of Topliss-reactive ketones (excluding diaryl/α,β-unsaturated/α-hetero) is 1. The van der Waals surface area contributed by atoms with E-state index in [1.807, 2.05) is 6.92 Å². The summed E-state index contributed by atoms with van der Waals surface area (Å²) in [7, 11) is 0. The third kappa shape index (κ3) is 4.05. The molecule has 0 amide bonds. The molecule has 0 heterocycles. The van der Waals surface area contributed by atoms with Gasteiger partial charge in [0.1, 0.15) is 11.6 Å². The number of ketones is 1. The highest BCUT2D eigenvalue weighted by Crippen LogP contribution is 2.20. The van der Waals surface area contributed by atoms with Gasteiger partial charge in [0.15, 0.2) is 5.78 Å². The summed E-state index contributed by atoms with van der Waals surface area (Å²) in [5.74, 6) is 0.0379. The molecule has 21 heavy (non-hydrogen) atoms. The van der Waals surface area contributed by atoms with Gasteiger partial charge in [0.25, 0.3) is 0 Å². The molecule has 0 aromatic heterocycles. The lowest BCUT2D eigenvalue weighted by Gasteiger charge is -2.06. The Morgan fingerprint density at radius 2 is 1.90 bits per heavy atom. The van der Waals surface area contributed by atoms with Crippen molar-refractivity contribution in [2.75, 3.05) is 6.61 Å². The van der Waals surface area contributed by atoms with Crippen molar-refractivity contribution in [3.05, 3.63) is 64.4 Å². The highest BCUT2D eigenvalue weighted by atomic mass is 35.5. The number of benzene rings is 2. The van der Waals surface area contributed by atoms with E-state index < -0.39 is 5.82 Å². The van der Waals surface area contributed by atoms with Crippen LogP contribution in [-0.4, -0.2) is 12.4 Å². The summed E-state index contributed by atoms with van der Waals surface area (Å²) in [6.45, 7) is 2.67. The van der Waals surface area contributed by atoms with Gasteiger partial charge in [-0.3, -0.25) is 4.79 Å². The zero-order valence-corrected chi connectivity index (χ0v) is 12.5. The standard InChI is InChI=1S/C17H16ClFO2/c1-2-10-21-14-8-6-12(7-9-14)16(20)11-13-4-3-5-15(18)17(13)19/h3-9H,2,10-11H2,1H3. The van der Waals surface area contributed by atoms with Crippen molar-refractivity contribution in [2.24, 2.45) is 0 Å². The Morgan fingerprint density at radius 1 is 1.19 bits per heavy atom. The van der Waals surface area contributed by atoms with Crippen molar-refractivity contribution < 1.29 is 13.9 Å². The molecular formula is C17H16ClFO2. The molecule has 2 nitrogen and oxygen atoms in total. The molecule has 2 rings (SSSR count). The Kier molecular flexibility index (Phi) is 5.34. The smallest absolute Gasteiger partial charge is 0.167 e. The highest BCUT2D eigenvalue weighted by Gasteiger charge is 2.12. The Labute approximate surface area is 128 Å². The summed E-state index contributed by atoms with van der Waals surface area (Å²) < 4.78 is 19.2. The lowest BCUT2D eigenvalue weighted by Crippen LogP contribution is -2.05. The van der Waals surface area contributed by atoms with Crippen molar-refractivity contribution in [1.29, 1.82) is 0 Å². The first kappa shape index (κ1) is 15.5. The molecule has 0 aliphatic rings. The highest BCUT2D eigenvalue weighted by molar-refractivity contribution is 6.30. The van der Waals surface area contributed by atoms with Gasteiger partial charge >= 0.3 is 0 Å². The molecule has 0 saturated carbocycles. The van der Waals surface area contributed by atoms with Crippen LogP contribution in [-0.2, 0) is 6.42 Å². The average molecular weight is 307 g/mol. The van der Waals surface area contributed by atoms with E-state index in [0.29, 0.717) is 17.7 Å². The van der Waals surface area contributed by atoms with E-state index in [9.17, 15) is 9.18 Å². The van der Waals surface area contributed by atoms with Crippen LogP contribution >= 0.6 is 11.6 Å². The summed E-state index contributed by atoms with van der Waals surface area (Å²) >= 11 is 5.71. The number of hydrogen-bond acceptors (Lipinski definition) is 2. The maximum absolute atomic E-state index is 13.8. The van der Waals surface area contributed by atoms with Crippen molar-refractivity contribution >= 4 is 17.4 Å². The molecular weight excluding hydrogens is 291 g/mol. The summed E-state index contributed by atoms with van der Waals surface area (Å²) in [5, 5.41) is 0.0311. The number of carbonyl (C=O) groups excluding carboxylic acids is 1. The Hall–Kier alpha value is -1.87. The molecule has 0 atom stereocenters. The number of halogens is 2. The van der Waals surface area contributed by atoms with Gasteiger partial charge in [-0.15, -0.1) is 0 Å². The van der Waals surface area contributed by atoms with Crippen LogP contribution in [0, 0.1) is 5.82 Å². The third-order valence-electron chi connectivity index (χ3n) is 3.03. The molecule has 110 valence electrons. The maximum atomic E-state index is 13.8.